The maximum absolute atomic E-state index is 6.57. The van der Waals surface area contributed by atoms with Crippen molar-refractivity contribution in [1.29, 1.82) is 0 Å². The van der Waals surface area contributed by atoms with Crippen LogP contribution in [0.25, 0.3) is 99.2 Å². The summed E-state index contributed by atoms with van der Waals surface area (Å²) in [5.41, 5.74) is 13.5. The molecule has 0 saturated carbocycles. The predicted molar refractivity (Wildman–Crippen MR) is 213 cm³/mol. The fourth-order valence-corrected chi connectivity index (χ4v) is 8.35. The number of furan rings is 1. The van der Waals surface area contributed by atoms with Crippen molar-refractivity contribution in [3.8, 4) is 33.6 Å². The minimum absolute atomic E-state index is 0.897. The number of hydrogen-bond acceptors (Lipinski definition) is 1. The Kier molecular flexibility index (Phi) is 5.96. The molecule has 0 bridgehead atoms. The highest BCUT2D eigenvalue weighted by Crippen LogP contribution is 2.45. The van der Waals surface area contributed by atoms with Gasteiger partial charge in [-0.05, 0) is 65.2 Å². The summed E-state index contributed by atoms with van der Waals surface area (Å²) in [5, 5.41) is 7.15. The van der Waals surface area contributed by atoms with Gasteiger partial charge >= 0.3 is 0 Å². The lowest BCUT2D eigenvalue weighted by Gasteiger charge is -2.16. The average Bonchev–Trinajstić information content (AvgIpc) is 3.86. The summed E-state index contributed by atoms with van der Waals surface area (Å²) in [7, 11) is 0. The third-order valence-electron chi connectivity index (χ3n) is 10.5. The first-order chi connectivity index (χ1) is 25.3. The molecule has 0 aliphatic heterocycles. The van der Waals surface area contributed by atoms with Crippen LogP contribution in [0.15, 0.2) is 186 Å². The quantitative estimate of drug-likeness (QED) is 0.186. The van der Waals surface area contributed by atoms with Gasteiger partial charge in [0.05, 0.1) is 27.8 Å². The number of rotatable bonds is 4. The molecule has 0 fully saturated rings. The summed E-state index contributed by atoms with van der Waals surface area (Å²) in [5.74, 6) is 0. The molecule has 3 heterocycles. The number of hydrogen-bond donors (Lipinski definition) is 0. The smallest absolute Gasteiger partial charge is 0.159 e. The van der Waals surface area contributed by atoms with E-state index >= 15 is 0 Å². The number of para-hydroxylation sites is 5. The molecule has 0 spiro atoms. The van der Waals surface area contributed by atoms with Crippen LogP contribution in [0.3, 0.4) is 0 Å². The van der Waals surface area contributed by atoms with Crippen LogP contribution in [0.5, 0.6) is 0 Å². The van der Waals surface area contributed by atoms with Gasteiger partial charge in [0.1, 0.15) is 5.58 Å². The molecule has 0 radical (unpaired) electrons. The minimum Gasteiger partial charge on any atom is -0.454 e. The van der Waals surface area contributed by atoms with Gasteiger partial charge in [-0.3, -0.25) is 0 Å². The number of nitrogens with zero attached hydrogens (tertiary/aromatic N) is 2. The molecule has 3 nitrogen and oxygen atoms in total. The molecule has 0 N–H and O–H groups in total. The Balaban J connectivity index is 1.26. The Morgan fingerprint density at radius 1 is 0.373 bits per heavy atom. The van der Waals surface area contributed by atoms with E-state index in [-0.39, 0.29) is 0 Å². The maximum Gasteiger partial charge on any atom is 0.159 e. The topological polar surface area (TPSA) is 23.0 Å². The first kappa shape index (κ1) is 28.0. The molecule has 238 valence electrons. The third kappa shape index (κ3) is 4.06. The number of aromatic nitrogens is 2. The lowest BCUT2D eigenvalue weighted by Crippen LogP contribution is -1.97. The highest BCUT2D eigenvalue weighted by molar-refractivity contribution is 6.18. The van der Waals surface area contributed by atoms with Gasteiger partial charge in [0.15, 0.2) is 5.58 Å². The second-order valence-corrected chi connectivity index (χ2v) is 13.3. The number of fused-ring (bicyclic) bond motifs is 9. The first-order valence-corrected chi connectivity index (χ1v) is 17.4. The third-order valence-corrected chi connectivity index (χ3v) is 10.5. The molecule has 3 aromatic heterocycles. The fraction of sp³-hybridized carbons (Fsp3) is 0. The molecule has 0 aliphatic rings. The molecular weight excluding hydrogens is 621 g/mol. The van der Waals surface area contributed by atoms with Crippen molar-refractivity contribution in [2.45, 2.75) is 0 Å². The monoisotopic (exact) mass is 650 g/mol. The Labute approximate surface area is 293 Å². The van der Waals surface area contributed by atoms with Crippen LogP contribution in [-0.4, -0.2) is 9.13 Å². The highest BCUT2D eigenvalue weighted by atomic mass is 16.3. The van der Waals surface area contributed by atoms with E-state index in [1.807, 2.05) is 6.07 Å². The van der Waals surface area contributed by atoms with Crippen molar-refractivity contribution in [3.05, 3.63) is 182 Å². The van der Waals surface area contributed by atoms with Gasteiger partial charge in [-0.1, -0.05) is 133 Å². The molecule has 11 rings (SSSR count). The summed E-state index contributed by atoms with van der Waals surface area (Å²) in [4.78, 5) is 0. The fourth-order valence-electron chi connectivity index (χ4n) is 8.35. The van der Waals surface area contributed by atoms with E-state index in [9.17, 15) is 0 Å². The van der Waals surface area contributed by atoms with Crippen LogP contribution in [0.2, 0.25) is 0 Å². The van der Waals surface area contributed by atoms with Crippen LogP contribution in [0.4, 0.5) is 0 Å². The van der Waals surface area contributed by atoms with Crippen LogP contribution in [0, 0.1) is 0 Å². The molecule has 8 aromatic carbocycles. The predicted octanol–water partition coefficient (Wildman–Crippen LogP) is 13.1. The standard InChI is InChI=1S/C48H30N2O/c1-3-14-31(15-4-1)34-27-28-38-35-18-7-10-22-41(35)49(33-16-5-2-6-17-33)47(38)46(34)32-26-29-43-40(30-32)36-19-8-11-23-42(36)50(43)44-24-13-21-39-37-20-9-12-25-45(37)51-48(39)44/h1-30H. The average molecular weight is 651 g/mol. The zero-order valence-electron chi connectivity index (χ0n) is 27.6. The Hall–Kier alpha value is -6.84. The normalized spacial score (nSPS) is 11.9. The van der Waals surface area contributed by atoms with Gasteiger partial charge in [-0.15, -0.1) is 0 Å². The van der Waals surface area contributed by atoms with Crippen LogP contribution in [0.1, 0.15) is 0 Å². The van der Waals surface area contributed by atoms with E-state index in [1.54, 1.807) is 0 Å². The molecule has 0 aliphatic carbocycles. The highest BCUT2D eigenvalue weighted by Gasteiger charge is 2.22. The van der Waals surface area contributed by atoms with Gasteiger partial charge in [-0.2, -0.15) is 0 Å². The molecule has 0 atom stereocenters. The molecule has 11 aromatic rings. The molecule has 3 heteroatoms. The maximum atomic E-state index is 6.57. The van der Waals surface area contributed by atoms with Crippen molar-refractivity contribution in [3.63, 3.8) is 0 Å². The van der Waals surface area contributed by atoms with Crippen molar-refractivity contribution in [2.24, 2.45) is 0 Å². The Bertz CT molecular complexity index is 3130. The number of benzene rings is 8. The van der Waals surface area contributed by atoms with Gasteiger partial charge in [0.25, 0.3) is 0 Å². The molecule has 0 amide bonds. The summed E-state index contributed by atoms with van der Waals surface area (Å²) >= 11 is 0. The van der Waals surface area contributed by atoms with Crippen LogP contribution in [-0.2, 0) is 0 Å². The second kappa shape index (κ2) is 10.8. The van der Waals surface area contributed by atoms with Gasteiger partial charge in [0, 0.05) is 43.6 Å². The SMILES string of the molecule is c1ccc(-c2ccc3c4ccccc4n(-c4ccccc4)c3c2-c2ccc3c(c2)c2ccccc2n3-c2cccc3c2oc2ccccc23)cc1. The van der Waals surface area contributed by atoms with E-state index < -0.39 is 0 Å². The van der Waals surface area contributed by atoms with Gasteiger partial charge in [0.2, 0.25) is 0 Å². The zero-order valence-corrected chi connectivity index (χ0v) is 27.6. The van der Waals surface area contributed by atoms with E-state index in [1.165, 1.54) is 54.8 Å². The van der Waals surface area contributed by atoms with E-state index in [0.717, 1.165) is 44.3 Å². The molecular formula is C48H30N2O. The van der Waals surface area contributed by atoms with E-state index in [0.29, 0.717) is 0 Å². The van der Waals surface area contributed by atoms with Crippen molar-refractivity contribution >= 4 is 65.6 Å². The van der Waals surface area contributed by atoms with Gasteiger partial charge < -0.3 is 13.6 Å². The summed E-state index contributed by atoms with van der Waals surface area (Å²) in [6, 6.07) is 65.5. The Morgan fingerprint density at radius 2 is 1.00 bits per heavy atom. The van der Waals surface area contributed by atoms with Crippen LogP contribution < -0.4 is 0 Å². The zero-order chi connectivity index (χ0) is 33.5. The van der Waals surface area contributed by atoms with Gasteiger partial charge in [-0.25, -0.2) is 0 Å². The second-order valence-electron chi connectivity index (χ2n) is 13.3. The van der Waals surface area contributed by atoms with E-state index in [2.05, 4.69) is 185 Å². The van der Waals surface area contributed by atoms with Crippen molar-refractivity contribution < 1.29 is 4.42 Å². The molecule has 51 heavy (non-hydrogen) atoms. The summed E-state index contributed by atoms with van der Waals surface area (Å²) in [6.07, 6.45) is 0. The molecule has 0 unspecified atom stereocenters. The summed E-state index contributed by atoms with van der Waals surface area (Å²) in [6.45, 7) is 0. The lowest BCUT2D eigenvalue weighted by atomic mass is 9.91. The first-order valence-electron chi connectivity index (χ1n) is 17.4. The molecule has 0 saturated heterocycles. The lowest BCUT2D eigenvalue weighted by molar-refractivity contribution is 0.666. The van der Waals surface area contributed by atoms with Crippen LogP contribution >= 0.6 is 0 Å². The summed E-state index contributed by atoms with van der Waals surface area (Å²) < 4.78 is 11.4. The minimum atomic E-state index is 0.897. The van der Waals surface area contributed by atoms with E-state index in [4.69, 9.17) is 4.42 Å². The largest absolute Gasteiger partial charge is 0.454 e. The van der Waals surface area contributed by atoms with Crippen molar-refractivity contribution in [1.82, 2.24) is 9.13 Å². The Morgan fingerprint density at radius 3 is 1.80 bits per heavy atom. The van der Waals surface area contributed by atoms with Crippen molar-refractivity contribution in [2.75, 3.05) is 0 Å².